The molecule has 0 fully saturated rings. The van der Waals surface area contributed by atoms with E-state index < -0.39 is 0 Å². The van der Waals surface area contributed by atoms with Crippen molar-refractivity contribution in [1.29, 1.82) is 0 Å². The fourth-order valence-corrected chi connectivity index (χ4v) is 2.31. The summed E-state index contributed by atoms with van der Waals surface area (Å²) >= 11 is 1.63. The van der Waals surface area contributed by atoms with E-state index in [0.717, 1.165) is 11.3 Å². The zero-order valence-electron chi connectivity index (χ0n) is 8.53. The van der Waals surface area contributed by atoms with E-state index in [1.54, 1.807) is 23.9 Å². The van der Waals surface area contributed by atoms with Crippen LogP contribution in [0.15, 0.2) is 29.2 Å². The summed E-state index contributed by atoms with van der Waals surface area (Å²) in [4.78, 5) is 0.946. The Kier molecular flexibility index (Phi) is 4.42. The highest BCUT2D eigenvalue weighted by Crippen LogP contribution is 2.25. The van der Waals surface area contributed by atoms with Crippen LogP contribution in [0.5, 0.6) is 0 Å². The molecule has 0 radical (unpaired) electrons. The molecule has 78 valence electrons. The molecule has 0 saturated heterocycles. The molecule has 2 unspecified atom stereocenters. The minimum absolute atomic E-state index is 0.170. The van der Waals surface area contributed by atoms with Crippen molar-refractivity contribution in [1.82, 2.24) is 0 Å². The monoisotopic (exact) mass is 213 g/mol. The average molecular weight is 213 g/mol. The Morgan fingerprint density at radius 1 is 1.50 bits per heavy atom. The van der Waals surface area contributed by atoms with Gasteiger partial charge in [-0.3, -0.25) is 0 Å². The minimum atomic E-state index is -0.188. The van der Waals surface area contributed by atoms with E-state index in [1.807, 2.05) is 6.07 Å². The second-order valence-corrected chi connectivity index (χ2v) is 4.80. The van der Waals surface area contributed by atoms with Crippen molar-refractivity contribution in [2.75, 3.05) is 0 Å². The molecule has 2 N–H and O–H groups in total. The lowest BCUT2D eigenvalue weighted by molar-refractivity contribution is 0.623. The number of rotatable bonds is 4. The number of hydrogen-bond acceptors (Lipinski definition) is 2. The first-order valence-electron chi connectivity index (χ1n) is 4.81. The van der Waals surface area contributed by atoms with Crippen LogP contribution < -0.4 is 5.73 Å². The zero-order chi connectivity index (χ0) is 10.6. The molecule has 0 bridgehead atoms. The first kappa shape index (κ1) is 11.5. The smallest absolute Gasteiger partial charge is 0.124 e. The molecule has 0 saturated carbocycles. The zero-order valence-corrected chi connectivity index (χ0v) is 9.35. The van der Waals surface area contributed by atoms with Gasteiger partial charge in [0.05, 0.1) is 0 Å². The van der Waals surface area contributed by atoms with Crippen molar-refractivity contribution < 1.29 is 4.39 Å². The summed E-state index contributed by atoms with van der Waals surface area (Å²) in [5.74, 6) is -0.188. The van der Waals surface area contributed by atoms with E-state index in [9.17, 15) is 4.39 Å². The summed E-state index contributed by atoms with van der Waals surface area (Å²) in [6.45, 7) is 4.14. The molecule has 0 heterocycles. The normalized spacial score (nSPS) is 15.1. The highest BCUT2D eigenvalue weighted by Gasteiger charge is 2.11. The van der Waals surface area contributed by atoms with Crippen molar-refractivity contribution in [3.63, 3.8) is 0 Å². The molecule has 2 atom stereocenters. The Balaban J connectivity index is 2.60. The molecule has 1 rings (SSSR count). The van der Waals surface area contributed by atoms with E-state index >= 15 is 0 Å². The fourth-order valence-electron chi connectivity index (χ4n) is 1.17. The van der Waals surface area contributed by atoms with Crippen molar-refractivity contribution in [2.45, 2.75) is 36.5 Å². The summed E-state index contributed by atoms with van der Waals surface area (Å²) in [5, 5.41) is 0.321. The van der Waals surface area contributed by atoms with Gasteiger partial charge in [-0.2, -0.15) is 0 Å². The van der Waals surface area contributed by atoms with Crippen LogP contribution in [0.2, 0.25) is 0 Å². The topological polar surface area (TPSA) is 26.0 Å². The Hall–Kier alpha value is -0.540. The molecule has 0 aliphatic rings. The highest BCUT2D eigenvalue weighted by atomic mass is 32.2. The Bertz CT molecular complexity index is 290. The lowest BCUT2D eigenvalue weighted by atomic mass is 10.2. The Morgan fingerprint density at radius 3 is 2.79 bits per heavy atom. The molecule has 0 aliphatic heterocycles. The molecule has 0 amide bonds. The summed E-state index contributed by atoms with van der Waals surface area (Å²) in [7, 11) is 0. The van der Waals surface area contributed by atoms with Gasteiger partial charge in [0.25, 0.3) is 0 Å². The van der Waals surface area contributed by atoms with Crippen molar-refractivity contribution >= 4 is 11.8 Å². The Morgan fingerprint density at radius 2 is 2.21 bits per heavy atom. The van der Waals surface area contributed by atoms with Gasteiger partial charge in [0.15, 0.2) is 0 Å². The number of benzene rings is 1. The third-order valence-electron chi connectivity index (χ3n) is 2.19. The van der Waals surface area contributed by atoms with Crippen molar-refractivity contribution in [3.8, 4) is 0 Å². The molecule has 1 nitrogen and oxygen atoms in total. The molecule has 0 aromatic heterocycles. The largest absolute Gasteiger partial charge is 0.327 e. The van der Waals surface area contributed by atoms with Crippen molar-refractivity contribution in [3.05, 3.63) is 30.1 Å². The van der Waals surface area contributed by atoms with Gasteiger partial charge >= 0.3 is 0 Å². The van der Waals surface area contributed by atoms with Gasteiger partial charge in [-0.25, -0.2) is 4.39 Å². The molecule has 1 aromatic carbocycles. The molecule has 1 aromatic rings. The summed E-state index contributed by atoms with van der Waals surface area (Å²) < 4.78 is 12.9. The first-order chi connectivity index (χ1) is 6.63. The second kappa shape index (κ2) is 5.37. The maximum atomic E-state index is 12.9. The molecule has 3 heteroatoms. The first-order valence-corrected chi connectivity index (χ1v) is 5.69. The van der Waals surface area contributed by atoms with Crippen LogP contribution in [-0.4, -0.2) is 11.3 Å². The maximum absolute atomic E-state index is 12.9. The van der Waals surface area contributed by atoms with E-state index in [-0.39, 0.29) is 11.9 Å². The van der Waals surface area contributed by atoms with Crippen LogP contribution in [0.1, 0.15) is 20.3 Å². The highest BCUT2D eigenvalue weighted by molar-refractivity contribution is 8.00. The maximum Gasteiger partial charge on any atom is 0.124 e. The van der Waals surface area contributed by atoms with Gasteiger partial charge in [-0.1, -0.05) is 19.9 Å². The second-order valence-electron chi connectivity index (χ2n) is 3.35. The molecular weight excluding hydrogens is 197 g/mol. The molecule has 0 spiro atoms. The lowest BCUT2D eigenvalue weighted by Crippen LogP contribution is -2.29. The van der Waals surface area contributed by atoms with E-state index in [0.29, 0.717) is 5.25 Å². The SMILES string of the molecule is CCC(N)C(C)Sc1cccc(F)c1. The fraction of sp³-hybridized carbons (Fsp3) is 0.455. The summed E-state index contributed by atoms with van der Waals surface area (Å²) in [6.07, 6.45) is 0.948. The molecule has 0 aliphatic carbocycles. The van der Waals surface area contributed by atoms with Gasteiger partial charge in [0.2, 0.25) is 0 Å². The van der Waals surface area contributed by atoms with Gasteiger partial charge in [-0.05, 0) is 24.6 Å². The van der Waals surface area contributed by atoms with Crippen LogP contribution in [0.25, 0.3) is 0 Å². The van der Waals surface area contributed by atoms with Gasteiger partial charge in [0.1, 0.15) is 5.82 Å². The third kappa shape index (κ3) is 3.31. The van der Waals surface area contributed by atoms with Crippen LogP contribution in [0, 0.1) is 5.82 Å². The minimum Gasteiger partial charge on any atom is -0.327 e. The molecular formula is C11H16FNS. The van der Waals surface area contributed by atoms with Crippen LogP contribution in [0.4, 0.5) is 4.39 Å². The van der Waals surface area contributed by atoms with Crippen molar-refractivity contribution in [2.24, 2.45) is 5.73 Å². The number of halogens is 1. The van der Waals surface area contributed by atoms with E-state index in [1.165, 1.54) is 6.07 Å². The predicted molar refractivity (Wildman–Crippen MR) is 60.0 cm³/mol. The van der Waals surface area contributed by atoms with Gasteiger partial charge in [0, 0.05) is 16.2 Å². The predicted octanol–water partition coefficient (Wildman–Crippen LogP) is 3.04. The average Bonchev–Trinajstić information content (AvgIpc) is 2.16. The lowest BCUT2D eigenvalue weighted by Gasteiger charge is -2.17. The summed E-state index contributed by atoms with van der Waals surface area (Å²) in [6, 6.07) is 6.80. The van der Waals surface area contributed by atoms with E-state index in [2.05, 4.69) is 13.8 Å². The van der Waals surface area contributed by atoms with Crippen LogP contribution in [0.3, 0.4) is 0 Å². The standard InChI is InChI=1S/C11H16FNS/c1-3-11(13)8(2)14-10-6-4-5-9(12)7-10/h4-8,11H,3,13H2,1-2H3. The quantitative estimate of drug-likeness (QED) is 0.778. The molecule has 14 heavy (non-hydrogen) atoms. The number of hydrogen-bond donors (Lipinski definition) is 1. The third-order valence-corrected chi connectivity index (χ3v) is 3.44. The van der Waals surface area contributed by atoms with Gasteiger partial charge < -0.3 is 5.73 Å². The number of thioether (sulfide) groups is 1. The van der Waals surface area contributed by atoms with Gasteiger partial charge in [-0.15, -0.1) is 11.8 Å². The van der Waals surface area contributed by atoms with E-state index in [4.69, 9.17) is 5.73 Å². The van der Waals surface area contributed by atoms with Crippen LogP contribution >= 0.6 is 11.8 Å². The summed E-state index contributed by atoms with van der Waals surface area (Å²) in [5.41, 5.74) is 5.89. The number of nitrogens with two attached hydrogens (primary N) is 1. The Labute approximate surface area is 88.9 Å². The van der Waals surface area contributed by atoms with Crippen LogP contribution in [-0.2, 0) is 0 Å².